The van der Waals surface area contributed by atoms with Crippen molar-refractivity contribution in [3.63, 3.8) is 0 Å². The number of para-hydroxylation sites is 2. The van der Waals surface area contributed by atoms with E-state index in [4.69, 9.17) is 0 Å². The summed E-state index contributed by atoms with van der Waals surface area (Å²) in [4.78, 5) is 8.77. The molecule has 4 nitrogen and oxygen atoms in total. The number of pyridine rings is 1. The van der Waals surface area contributed by atoms with Gasteiger partial charge in [-0.3, -0.25) is 4.90 Å². The summed E-state index contributed by atoms with van der Waals surface area (Å²) < 4.78 is 0. The third-order valence-electron chi connectivity index (χ3n) is 4.06. The van der Waals surface area contributed by atoms with Crippen LogP contribution in [0.4, 0.5) is 22.9 Å². The first-order valence-electron chi connectivity index (χ1n) is 7.28. The first-order chi connectivity index (χ1) is 10.2. The van der Waals surface area contributed by atoms with E-state index in [1.54, 1.807) is 0 Å². The van der Waals surface area contributed by atoms with Crippen LogP contribution >= 0.6 is 0 Å². The number of anilines is 4. The van der Waals surface area contributed by atoms with Crippen LogP contribution in [-0.4, -0.2) is 18.1 Å². The van der Waals surface area contributed by atoms with Crippen molar-refractivity contribution in [1.82, 2.24) is 4.98 Å². The molecule has 2 aliphatic rings. The molecule has 0 saturated heterocycles. The van der Waals surface area contributed by atoms with Crippen LogP contribution in [0.5, 0.6) is 0 Å². The first-order valence-corrected chi connectivity index (χ1v) is 7.28. The average molecular weight is 278 g/mol. The molecule has 0 spiro atoms. The summed E-state index contributed by atoms with van der Waals surface area (Å²) in [5.41, 5.74) is 3.36. The molecule has 21 heavy (non-hydrogen) atoms. The molecule has 1 aromatic carbocycles. The van der Waals surface area contributed by atoms with E-state index in [1.807, 2.05) is 25.4 Å². The maximum absolute atomic E-state index is 4.52. The Hall–Kier alpha value is -2.49. The van der Waals surface area contributed by atoms with Gasteiger partial charge in [-0.1, -0.05) is 18.7 Å². The molecule has 0 bridgehead atoms. The zero-order chi connectivity index (χ0) is 14.4. The summed E-state index contributed by atoms with van der Waals surface area (Å²) in [6.07, 6.45) is 4.42. The lowest BCUT2D eigenvalue weighted by Crippen LogP contribution is -2.20. The second kappa shape index (κ2) is 4.52. The van der Waals surface area contributed by atoms with Crippen LogP contribution in [0.1, 0.15) is 12.8 Å². The molecule has 2 aromatic rings. The lowest BCUT2D eigenvalue weighted by Gasteiger charge is -2.21. The summed E-state index contributed by atoms with van der Waals surface area (Å²) in [5.74, 6) is 1.90. The Labute approximate surface area is 124 Å². The van der Waals surface area contributed by atoms with Crippen LogP contribution in [0.2, 0.25) is 0 Å². The average Bonchev–Trinajstić information content (AvgIpc) is 3.29. The van der Waals surface area contributed by atoms with Gasteiger partial charge in [0.15, 0.2) is 0 Å². The molecule has 106 valence electrons. The molecule has 0 radical (unpaired) electrons. The van der Waals surface area contributed by atoms with E-state index in [-0.39, 0.29) is 0 Å². The maximum atomic E-state index is 4.52. The molecular weight excluding hydrogens is 260 g/mol. The van der Waals surface area contributed by atoms with Crippen molar-refractivity contribution in [2.75, 3.05) is 22.2 Å². The number of fused-ring (bicyclic) bond motifs is 1. The predicted molar refractivity (Wildman–Crippen MR) is 87.0 cm³/mol. The van der Waals surface area contributed by atoms with Crippen molar-refractivity contribution in [3.8, 4) is 0 Å². The van der Waals surface area contributed by atoms with Crippen molar-refractivity contribution in [2.45, 2.75) is 18.9 Å². The van der Waals surface area contributed by atoms with Crippen molar-refractivity contribution in [3.05, 3.63) is 55.0 Å². The quantitative estimate of drug-likeness (QED) is 0.927. The van der Waals surface area contributed by atoms with Crippen molar-refractivity contribution < 1.29 is 0 Å². The largest absolute Gasteiger partial charge is 0.367 e. The van der Waals surface area contributed by atoms with Crippen LogP contribution in [0.3, 0.4) is 0 Å². The van der Waals surface area contributed by atoms with Gasteiger partial charge in [-0.2, -0.15) is 0 Å². The lowest BCUT2D eigenvalue weighted by molar-refractivity contribution is 1.08. The summed E-state index contributed by atoms with van der Waals surface area (Å²) in [5, 5.41) is 3.41. The standard InChI is InChI=1S/C17H18N4/c1-12-20(2)15-5-3-4-6-16(15)21(12)14-9-10-17(18-11-14)19-13-7-8-13/h3-6,9-11,13H,1,7-8H2,2H3,(H,18,19). The topological polar surface area (TPSA) is 31.4 Å². The molecule has 1 aliphatic heterocycles. The Balaban J connectivity index is 1.67. The van der Waals surface area contributed by atoms with E-state index in [2.05, 4.69) is 50.9 Å². The SMILES string of the molecule is C=C1N(C)c2ccccc2N1c1ccc(NC2CC2)nc1. The Kier molecular flexibility index (Phi) is 2.64. The molecular formula is C17H18N4. The smallest absolute Gasteiger partial charge is 0.126 e. The minimum atomic E-state index is 0.622. The van der Waals surface area contributed by atoms with Crippen LogP contribution in [0.15, 0.2) is 55.0 Å². The number of hydrogen-bond acceptors (Lipinski definition) is 4. The van der Waals surface area contributed by atoms with Gasteiger partial charge < -0.3 is 10.2 Å². The fourth-order valence-corrected chi connectivity index (χ4v) is 2.69. The fraction of sp³-hybridized carbons (Fsp3) is 0.235. The minimum Gasteiger partial charge on any atom is -0.367 e. The highest BCUT2D eigenvalue weighted by molar-refractivity contribution is 5.87. The molecule has 4 heteroatoms. The molecule has 0 amide bonds. The molecule has 1 aromatic heterocycles. The Morgan fingerprint density at radius 2 is 1.90 bits per heavy atom. The van der Waals surface area contributed by atoms with Gasteiger partial charge in [0.05, 0.1) is 23.3 Å². The van der Waals surface area contributed by atoms with Gasteiger partial charge in [-0.15, -0.1) is 0 Å². The molecule has 4 rings (SSSR count). The number of nitrogens with one attached hydrogen (secondary N) is 1. The molecule has 1 N–H and O–H groups in total. The minimum absolute atomic E-state index is 0.622. The highest BCUT2D eigenvalue weighted by Gasteiger charge is 2.28. The predicted octanol–water partition coefficient (Wildman–Crippen LogP) is 3.72. The van der Waals surface area contributed by atoms with Crippen LogP contribution in [0, 0.1) is 0 Å². The summed E-state index contributed by atoms with van der Waals surface area (Å²) in [6, 6.07) is 13.1. The van der Waals surface area contributed by atoms with Gasteiger partial charge in [-0.25, -0.2) is 4.98 Å². The monoisotopic (exact) mass is 278 g/mol. The van der Waals surface area contributed by atoms with Crippen molar-refractivity contribution in [2.24, 2.45) is 0 Å². The Morgan fingerprint density at radius 3 is 2.57 bits per heavy atom. The molecule has 1 saturated carbocycles. The maximum Gasteiger partial charge on any atom is 0.126 e. The number of aromatic nitrogens is 1. The van der Waals surface area contributed by atoms with E-state index < -0.39 is 0 Å². The second-order valence-electron chi connectivity index (χ2n) is 5.62. The third kappa shape index (κ3) is 2.03. The number of hydrogen-bond donors (Lipinski definition) is 1. The van der Waals surface area contributed by atoms with Gasteiger partial charge in [0, 0.05) is 13.1 Å². The van der Waals surface area contributed by atoms with E-state index in [0.29, 0.717) is 6.04 Å². The molecule has 1 fully saturated rings. The summed E-state index contributed by atoms with van der Waals surface area (Å²) in [7, 11) is 2.04. The number of rotatable bonds is 3. The van der Waals surface area contributed by atoms with E-state index in [9.17, 15) is 0 Å². The number of nitrogens with zero attached hydrogens (tertiary/aromatic N) is 3. The normalized spacial score (nSPS) is 17.1. The van der Waals surface area contributed by atoms with Gasteiger partial charge >= 0.3 is 0 Å². The second-order valence-corrected chi connectivity index (χ2v) is 5.62. The Bertz CT molecular complexity index is 688. The van der Waals surface area contributed by atoms with Crippen LogP contribution < -0.4 is 15.1 Å². The third-order valence-corrected chi connectivity index (χ3v) is 4.06. The van der Waals surface area contributed by atoms with Gasteiger partial charge in [0.1, 0.15) is 11.6 Å². The molecule has 0 atom stereocenters. The molecule has 2 heterocycles. The van der Waals surface area contributed by atoms with Crippen molar-refractivity contribution in [1.29, 1.82) is 0 Å². The first kappa shape index (κ1) is 12.3. The Morgan fingerprint density at radius 1 is 1.14 bits per heavy atom. The lowest BCUT2D eigenvalue weighted by atomic mass is 10.2. The van der Waals surface area contributed by atoms with E-state index >= 15 is 0 Å². The van der Waals surface area contributed by atoms with Gasteiger partial charge in [0.25, 0.3) is 0 Å². The molecule has 1 aliphatic carbocycles. The highest BCUT2D eigenvalue weighted by atomic mass is 15.4. The summed E-state index contributed by atoms with van der Waals surface area (Å²) >= 11 is 0. The highest BCUT2D eigenvalue weighted by Crippen LogP contribution is 2.44. The van der Waals surface area contributed by atoms with Gasteiger partial charge in [0.2, 0.25) is 0 Å². The zero-order valence-electron chi connectivity index (χ0n) is 12.1. The number of benzene rings is 1. The van der Waals surface area contributed by atoms with Crippen LogP contribution in [0.25, 0.3) is 0 Å². The van der Waals surface area contributed by atoms with E-state index in [1.165, 1.54) is 18.5 Å². The summed E-state index contributed by atoms with van der Waals surface area (Å²) in [6.45, 7) is 4.20. The van der Waals surface area contributed by atoms with Gasteiger partial charge in [-0.05, 0) is 37.1 Å². The fourth-order valence-electron chi connectivity index (χ4n) is 2.69. The van der Waals surface area contributed by atoms with Crippen molar-refractivity contribution >= 4 is 22.9 Å². The van der Waals surface area contributed by atoms with E-state index in [0.717, 1.165) is 23.0 Å². The molecule has 0 unspecified atom stereocenters. The van der Waals surface area contributed by atoms with Crippen LogP contribution in [-0.2, 0) is 0 Å². The zero-order valence-corrected chi connectivity index (χ0v) is 12.1.